The Morgan fingerprint density at radius 1 is 1.11 bits per heavy atom. The lowest BCUT2D eigenvalue weighted by Crippen LogP contribution is -2.43. The van der Waals surface area contributed by atoms with Gasteiger partial charge < -0.3 is 14.8 Å². The van der Waals surface area contributed by atoms with E-state index in [2.05, 4.69) is 5.32 Å². The Morgan fingerprint density at radius 2 is 1.87 bits per heavy atom. The van der Waals surface area contributed by atoms with Gasteiger partial charge >= 0.3 is 6.09 Å². The zero-order chi connectivity index (χ0) is 27.2. The fourth-order valence-electron chi connectivity index (χ4n) is 4.44. The van der Waals surface area contributed by atoms with E-state index in [0.717, 1.165) is 16.7 Å². The summed E-state index contributed by atoms with van der Waals surface area (Å²) in [5.41, 5.74) is 2.79. The summed E-state index contributed by atoms with van der Waals surface area (Å²) in [6.45, 7) is 6.51. The summed E-state index contributed by atoms with van der Waals surface area (Å²) in [5.74, 6) is 0.566. The van der Waals surface area contributed by atoms with Gasteiger partial charge in [-0.15, -0.1) is 0 Å². The predicted octanol–water partition coefficient (Wildman–Crippen LogP) is 6.56. The van der Waals surface area contributed by atoms with E-state index in [4.69, 9.17) is 9.47 Å². The number of anilines is 1. The molecule has 1 atom stereocenters. The molecule has 1 N–H and O–H groups in total. The molecule has 4 rings (SSSR count). The van der Waals surface area contributed by atoms with Gasteiger partial charge in [-0.05, 0) is 48.4 Å². The van der Waals surface area contributed by atoms with Crippen LogP contribution in [0.25, 0.3) is 0 Å². The number of amides is 2. The van der Waals surface area contributed by atoms with E-state index in [1.54, 1.807) is 6.07 Å². The van der Waals surface area contributed by atoms with Crippen LogP contribution in [0.3, 0.4) is 0 Å². The van der Waals surface area contributed by atoms with Crippen LogP contribution in [0.2, 0.25) is 0 Å². The van der Waals surface area contributed by atoms with Crippen LogP contribution in [0, 0.1) is 17.0 Å². The SMILES string of the molecule is Cc1ccc(C(C)C)c(Oc2cc(NC(=O)[C@@H]3CCCN3C(=O)OCc3ccccc3)cc([N+](=O)[O-])c2)c1. The van der Waals surface area contributed by atoms with Crippen molar-refractivity contribution in [3.63, 3.8) is 0 Å². The van der Waals surface area contributed by atoms with Crippen LogP contribution in [-0.2, 0) is 16.1 Å². The number of rotatable bonds is 8. The molecule has 38 heavy (non-hydrogen) atoms. The number of hydrogen-bond acceptors (Lipinski definition) is 6. The maximum atomic E-state index is 13.2. The van der Waals surface area contributed by atoms with E-state index in [1.165, 1.54) is 17.0 Å². The number of likely N-dealkylation sites (tertiary alicyclic amines) is 1. The van der Waals surface area contributed by atoms with E-state index >= 15 is 0 Å². The molecule has 1 saturated heterocycles. The Balaban J connectivity index is 1.50. The summed E-state index contributed by atoms with van der Waals surface area (Å²) in [6.07, 6.45) is 0.536. The van der Waals surface area contributed by atoms with Gasteiger partial charge in [0.1, 0.15) is 24.1 Å². The highest BCUT2D eigenvalue weighted by Crippen LogP contribution is 2.35. The van der Waals surface area contributed by atoms with Gasteiger partial charge in [0, 0.05) is 18.7 Å². The van der Waals surface area contributed by atoms with E-state index in [1.807, 2.05) is 69.3 Å². The molecule has 9 heteroatoms. The van der Waals surface area contributed by atoms with Gasteiger partial charge in [-0.2, -0.15) is 0 Å². The molecule has 2 amide bonds. The number of non-ortho nitro benzene ring substituents is 1. The number of hydrogen-bond donors (Lipinski definition) is 1. The summed E-state index contributed by atoms with van der Waals surface area (Å²) in [5, 5.41) is 14.4. The highest BCUT2D eigenvalue weighted by Gasteiger charge is 2.35. The lowest BCUT2D eigenvalue weighted by Gasteiger charge is -2.23. The van der Waals surface area contributed by atoms with Crippen LogP contribution >= 0.6 is 0 Å². The van der Waals surface area contributed by atoms with Gasteiger partial charge in [0.25, 0.3) is 5.69 Å². The molecule has 0 aliphatic carbocycles. The molecule has 1 aliphatic rings. The molecule has 0 radical (unpaired) electrons. The average molecular weight is 518 g/mol. The summed E-state index contributed by atoms with van der Waals surface area (Å²) in [6, 6.07) is 18.5. The zero-order valence-corrected chi connectivity index (χ0v) is 21.7. The second-order valence-electron chi connectivity index (χ2n) is 9.65. The number of nitrogens with one attached hydrogen (secondary N) is 1. The van der Waals surface area contributed by atoms with Crippen LogP contribution in [0.1, 0.15) is 49.3 Å². The maximum Gasteiger partial charge on any atom is 0.410 e. The molecule has 0 spiro atoms. The monoisotopic (exact) mass is 517 g/mol. The lowest BCUT2D eigenvalue weighted by molar-refractivity contribution is -0.384. The van der Waals surface area contributed by atoms with Gasteiger partial charge in [-0.25, -0.2) is 4.79 Å². The molecule has 0 aromatic heterocycles. The third-order valence-corrected chi connectivity index (χ3v) is 6.38. The van der Waals surface area contributed by atoms with E-state index in [9.17, 15) is 19.7 Å². The van der Waals surface area contributed by atoms with Gasteiger partial charge in [0.2, 0.25) is 5.91 Å². The Hall–Kier alpha value is -4.40. The molecule has 1 aliphatic heterocycles. The van der Waals surface area contributed by atoms with Crippen molar-refractivity contribution in [1.82, 2.24) is 4.90 Å². The number of nitrogens with zero attached hydrogens (tertiary/aromatic N) is 2. The number of carbonyl (C=O) groups is 2. The second-order valence-corrected chi connectivity index (χ2v) is 9.65. The fraction of sp³-hybridized carbons (Fsp3) is 0.310. The molecule has 0 saturated carbocycles. The minimum absolute atomic E-state index is 0.105. The molecule has 1 fully saturated rings. The Morgan fingerprint density at radius 3 is 2.58 bits per heavy atom. The largest absolute Gasteiger partial charge is 0.457 e. The summed E-state index contributed by atoms with van der Waals surface area (Å²) < 4.78 is 11.5. The van der Waals surface area contributed by atoms with Gasteiger partial charge in [0.15, 0.2) is 0 Å². The molecular formula is C29H31N3O6. The van der Waals surface area contributed by atoms with Gasteiger partial charge in [-0.1, -0.05) is 56.3 Å². The van der Waals surface area contributed by atoms with Crippen LogP contribution in [0.4, 0.5) is 16.2 Å². The van der Waals surface area contributed by atoms with Crippen molar-refractivity contribution >= 4 is 23.4 Å². The molecule has 198 valence electrons. The van der Waals surface area contributed by atoms with Crippen molar-refractivity contribution in [1.29, 1.82) is 0 Å². The number of carbonyl (C=O) groups excluding carboxylic acids is 2. The van der Waals surface area contributed by atoms with Crippen LogP contribution in [0.5, 0.6) is 11.5 Å². The van der Waals surface area contributed by atoms with Crippen molar-refractivity contribution in [2.24, 2.45) is 0 Å². The lowest BCUT2D eigenvalue weighted by atomic mass is 10.0. The first-order valence-electron chi connectivity index (χ1n) is 12.6. The molecule has 3 aromatic rings. The normalized spacial score (nSPS) is 14.8. The summed E-state index contributed by atoms with van der Waals surface area (Å²) in [7, 11) is 0. The minimum atomic E-state index is -0.744. The molecule has 0 unspecified atom stereocenters. The smallest absolute Gasteiger partial charge is 0.410 e. The van der Waals surface area contributed by atoms with Crippen molar-refractivity contribution in [2.75, 3.05) is 11.9 Å². The van der Waals surface area contributed by atoms with Crippen LogP contribution in [0.15, 0.2) is 66.7 Å². The van der Waals surface area contributed by atoms with E-state index < -0.39 is 23.0 Å². The van der Waals surface area contributed by atoms with Crippen LogP contribution < -0.4 is 10.1 Å². The molecule has 0 bridgehead atoms. The first-order valence-corrected chi connectivity index (χ1v) is 12.6. The number of benzene rings is 3. The molecule has 9 nitrogen and oxygen atoms in total. The number of nitro groups is 1. The fourth-order valence-corrected chi connectivity index (χ4v) is 4.44. The van der Waals surface area contributed by atoms with Crippen LogP contribution in [-0.4, -0.2) is 34.4 Å². The van der Waals surface area contributed by atoms with Gasteiger partial charge in [0.05, 0.1) is 16.7 Å². The number of ether oxygens (including phenoxy) is 2. The molecule has 1 heterocycles. The minimum Gasteiger partial charge on any atom is -0.457 e. The quantitative estimate of drug-likeness (QED) is 0.268. The van der Waals surface area contributed by atoms with Gasteiger partial charge in [-0.3, -0.25) is 19.8 Å². The standard InChI is InChI=1S/C29H31N3O6/c1-19(2)25-12-11-20(3)14-27(25)38-24-16-22(15-23(17-24)32(35)36)30-28(33)26-10-7-13-31(26)29(34)37-18-21-8-5-4-6-9-21/h4-6,8-9,11-12,14-17,19,26H,7,10,13,18H2,1-3H3,(H,30,33)/t26-/m0/s1. The number of nitro benzene ring substituents is 1. The van der Waals surface area contributed by atoms with Crippen molar-refractivity contribution in [2.45, 2.75) is 52.2 Å². The van der Waals surface area contributed by atoms with E-state index in [0.29, 0.717) is 25.1 Å². The van der Waals surface area contributed by atoms with Crippen molar-refractivity contribution < 1.29 is 24.0 Å². The first kappa shape index (κ1) is 26.7. The average Bonchev–Trinajstić information content (AvgIpc) is 3.38. The van der Waals surface area contributed by atoms with E-state index in [-0.39, 0.29) is 29.6 Å². The number of aryl methyl sites for hydroxylation is 1. The summed E-state index contributed by atoms with van der Waals surface area (Å²) >= 11 is 0. The topological polar surface area (TPSA) is 111 Å². The zero-order valence-electron chi connectivity index (χ0n) is 21.7. The molecular weight excluding hydrogens is 486 g/mol. The third kappa shape index (κ3) is 6.47. The predicted molar refractivity (Wildman–Crippen MR) is 143 cm³/mol. The van der Waals surface area contributed by atoms with Crippen molar-refractivity contribution in [3.05, 3.63) is 93.5 Å². The highest BCUT2D eigenvalue weighted by molar-refractivity contribution is 5.97. The Labute approximate surface area is 221 Å². The second kappa shape index (κ2) is 11.8. The summed E-state index contributed by atoms with van der Waals surface area (Å²) in [4.78, 5) is 38.4. The van der Waals surface area contributed by atoms with Crippen molar-refractivity contribution in [3.8, 4) is 11.5 Å². The highest BCUT2D eigenvalue weighted by atomic mass is 16.6. The Bertz CT molecular complexity index is 1330. The Kier molecular flexibility index (Phi) is 8.25. The maximum absolute atomic E-state index is 13.2. The third-order valence-electron chi connectivity index (χ3n) is 6.38. The molecule has 3 aromatic carbocycles. The first-order chi connectivity index (χ1) is 18.2.